The van der Waals surface area contributed by atoms with Gasteiger partial charge in [-0.2, -0.15) is 0 Å². The van der Waals surface area contributed by atoms with E-state index in [1.165, 1.54) is 44.2 Å². The van der Waals surface area contributed by atoms with E-state index < -0.39 is 0 Å². The van der Waals surface area contributed by atoms with Crippen molar-refractivity contribution in [2.75, 3.05) is 0 Å². The van der Waals surface area contributed by atoms with E-state index in [2.05, 4.69) is 42.9 Å². The van der Waals surface area contributed by atoms with Crippen LogP contribution >= 0.6 is 0 Å². The highest BCUT2D eigenvalue weighted by Gasteiger charge is 1.99. The Balaban J connectivity index is 2.18. The molecule has 0 radical (unpaired) electrons. The van der Waals surface area contributed by atoms with Gasteiger partial charge in [0, 0.05) is 18.1 Å². The Bertz CT molecular complexity index is 255. The van der Waals surface area contributed by atoms with Crippen LogP contribution in [0.5, 0.6) is 0 Å². The Hall–Kier alpha value is -0.850. The normalized spacial score (nSPS) is 10.4. The average Bonchev–Trinajstić information content (AvgIpc) is 2.18. The molecule has 14 heavy (non-hydrogen) atoms. The van der Waals surface area contributed by atoms with Crippen LogP contribution in [0.3, 0.4) is 0 Å². The number of hydrogen-bond acceptors (Lipinski definition) is 0. The Morgan fingerprint density at radius 2 is 1.93 bits per heavy atom. The second-order valence-corrected chi connectivity index (χ2v) is 4.03. The van der Waals surface area contributed by atoms with Crippen LogP contribution in [0, 0.1) is 6.92 Å². The average molecular weight is 192 g/mol. The largest absolute Gasteiger partial charge is 0.205 e. The summed E-state index contributed by atoms with van der Waals surface area (Å²) in [6.07, 6.45) is 11.2. The molecule has 0 N–H and O–H groups in total. The zero-order valence-corrected chi connectivity index (χ0v) is 9.50. The molecule has 1 aromatic rings. The van der Waals surface area contributed by atoms with Gasteiger partial charge in [-0.25, -0.2) is 4.57 Å². The number of hydrogen-bond donors (Lipinski definition) is 0. The predicted molar refractivity (Wildman–Crippen MR) is 60.1 cm³/mol. The van der Waals surface area contributed by atoms with Crippen LogP contribution in [0.2, 0.25) is 0 Å². The molecule has 0 fully saturated rings. The third kappa shape index (κ3) is 4.40. The number of aryl methyl sites for hydroxylation is 2. The second kappa shape index (κ2) is 6.58. The molecule has 0 aliphatic rings. The lowest BCUT2D eigenvalue weighted by atomic mass is 10.1. The van der Waals surface area contributed by atoms with Crippen molar-refractivity contribution >= 4 is 0 Å². The van der Waals surface area contributed by atoms with Crippen LogP contribution in [-0.4, -0.2) is 0 Å². The zero-order chi connectivity index (χ0) is 10.2. The SMILES string of the molecule is CCCCCCC[n+]1cccc(C)c1. The van der Waals surface area contributed by atoms with Crippen molar-refractivity contribution < 1.29 is 4.57 Å². The maximum Gasteiger partial charge on any atom is 0.171 e. The molecule has 0 atom stereocenters. The fourth-order valence-corrected chi connectivity index (χ4v) is 1.69. The highest BCUT2D eigenvalue weighted by molar-refractivity contribution is 5.01. The number of pyridine rings is 1. The third-order valence-electron chi connectivity index (χ3n) is 2.53. The molecule has 0 amide bonds. The van der Waals surface area contributed by atoms with Gasteiger partial charge in [0.15, 0.2) is 12.4 Å². The molecule has 0 bridgehead atoms. The molecule has 0 saturated carbocycles. The van der Waals surface area contributed by atoms with E-state index in [4.69, 9.17) is 0 Å². The monoisotopic (exact) mass is 192 g/mol. The van der Waals surface area contributed by atoms with Gasteiger partial charge in [0.2, 0.25) is 0 Å². The van der Waals surface area contributed by atoms with Crippen LogP contribution in [-0.2, 0) is 6.54 Å². The predicted octanol–water partition coefficient (Wildman–Crippen LogP) is 3.25. The summed E-state index contributed by atoms with van der Waals surface area (Å²) in [5.74, 6) is 0. The summed E-state index contributed by atoms with van der Waals surface area (Å²) in [6.45, 7) is 5.58. The topological polar surface area (TPSA) is 3.88 Å². The van der Waals surface area contributed by atoms with Crippen molar-refractivity contribution in [1.82, 2.24) is 0 Å². The maximum absolute atomic E-state index is 2.29. The van der Waals surface area contributed by atoms with Crippen LogP contribution in [0.1, 0.15) is 44.6 Å². The molecule has 1 heterocycles. The molecule has 1 rings (SSSR count). The Morgan fingerprint density at radius 1 is 1.14 bits per heavy atom. The molecule has 1 heteroatoms. The zero-order valence-electron chi connectivity index (χ0n) is 9.50. The van der Waals surface area contributed by atoms with Gasteiger partial charge in [-0.3, -0.25) is 0 Å². The van der Waals surface area contributed by atoms with E-state index in [9.17, 15) is 0 Å². The first-order chi connectivity index (χ1) is 6.83. The van der Waals surface area contributed by atoms with Crippen LogP contribution in [0.4, 0.5) is 0 Å². The summed E-state index contributed by atoms with van der Waals surface area (Å²) < 4.78 is 2.29. The highest BCUT2D eigenvalue weighted by atomic mass is 14.9. The summed E-state index contributed by atoms with van der Waals surface area (Å²) in [6, 6.07) is 4.27. The number of nitrogens with zero attached hydrogens (tertiary/aromatic N) is 1. The molecule has 1 nitrogen and oxygen atoms in total. The van der Waals surface area contributed by atoms with Crippen molar-refractivity contribution in [2.45, 2.75) is 52.5 Å². The summed E-state index contributed by atoms with van der Waals surface area (Å²) >= 11 is 0. The molecule has 0 saturated heterocycles. The van der Waals surface area contributed by atoms with E-state index in [0.29, 0.717) is 0 Å². The minimum atomic E-state index is 1.17. The van der Waals surface area contributed by atoms with Gasteiger partial charge in [-0.05, 0) is 19.4 Å². The van der Waals surface area contributed by atoms with E-state index in [0.717, 1.165) is 0 Å². The molecular weight excluding hydrogens is 170 g/mol. The summed E-state index contributed by atoms with van der Waals surface area (Å²) in [5.41, 5.74) is 1.35. The lowest BCUT2D eigenvalue weighted by Crippen LogP contribution is -2.32. The molecule has 0 spiro atoms. The first kappa shape index (κ1) is 11.2. The van der Waals surface area contributed by atoms with Gasteiger partial charge >= 0.3 is 0 Å². The Kier molecular flexibility index (Phi) is 5.28. The van der Waals surface area contributed by atoms with Gasteiger partial charge < -0.3 is 0 Å². The highest BCUT2D eigenvalue weighted by Crippen LogP contribution is 2.02. The fourth-order valence-electron chi connectivity index (χ4n) is 1.69. The van der Waals surface area contributed by atoms with Crippen molar-refractivity contribution in [3.63, 3.8) is 0 Å². The summed E-state index contributed by atoms with van der Waals surface area (Å²) in [7, 11) is 0. The van der Waals surface area contributed by atoms with Gasteiger partial charge in [-0.1, -0.05) is 26.2 Å². The lowest BCUT2D eigenvalue weighted by molar-refractivity contribution is -0.697. The molecule has 0 aromatic carbocycles. The fraction of sp³-hybridized carbons (Fsp3) is 0.615. The van der Waals surface area contributed by atoms with Crippen LogP contribution < -0.4 is 4.57 Å². The molecular formula is C13H22N+. The molecule has 78 valence electrons. The standard InChI is InChI=1S/C13H22N/c1-3-4-5-6-7-10-14-11-8-9-13(2)12-14/h8-9,11-12H,3-7,10H2,1-2H3/q+1. The molecule has 1 aromatic heterocycles. The molecule has 0 unspecified atom stereocenters. The van der Waals surface area contributed by atoms with Gasteiger partial charge in [0.25, 0.3) is 0 Å². The van der Waals surface area contributed by atoms with Crippen LogP contribution in [0.25, 0.3) is 0 Å². The quantitative estimate of drug-likeness (QED) is 0.481. The number of unbranched alkanes of at least 4 members (excludes halogenated alkanes) is 4. The lowest BCUT2D eigenvalue weighted by Gasteiger charge is -1.98. The van der Waals surface area contributed by atoms with Gasteiger partial charge in [0.05, 0.1) is 0 Å². The number of aromatic nitrogens is 1. The Labute approximate surface area is 87.8 Å². The Morgan fingerprint density at radius 3 is 2.64 bits per heavy atom. The van der Waals surface area contributed by atoms with Crippen molar-refractivity contribution in [1.29, 1.82) is 0 Å². The summed E-state index contributed by atoms with van der Waals surface area (Å²) in [4.78, 5) is 0. The summed E-state index contributed by atoms with van der Waals surface area (Å²) in [5, 5.41) is 0. The van der Waals surface area contributed by atoms with Crippen molar-refractivity contribution in [3.05, 3.63) is 30.1 Å². The third-order valence-corrected chi connectivity index (χ3v) is 2.53. The van der Waals surface area contributed by atoms with Crippen molar-refractivity contribution in [2.24, 2.45) is 0 Å². The van der Waals surface area contributed by atoms with Gasteiger partial charge in [0.1, 0.15) is 6.54 Å². The minimum absolute atomic E-state index is 1.17. The maximum atomic E-state index is 2.29. The first-order valence-electron chi connectivity index (χ1n) is 5.78. The van der Waals surface area contributed by atoms with Crippen LogP contribution in [0.15, 0.2) is 24.5 Å². The van der Waals surface area contributed by atoms with Crippen molar-refractivity contribution in [3.8, 4) is 0 Å². The van der Waals surface area contributed by atoms with E-state index in [1.807, 2.05) is 0 Å². The first-order valence-corrected chi connectivity index (χ1v) is 5.78. The molecule has 0 aliphatic heterocycles. The smallest absolute Gasteiger partial charge is 0.171 e. The van der Waals surface area contributed by atoms with E-state index >= 15 is 0 Å². The minimum Gasteiger partial charge on any atom is -0.205 e. The molecule has 0 aliphatic carbocycles. The number of rotatable bonds is 6. The second-order valence-electron chi connectivity index (χ2n) is 4.03. The van der Waals surface area contributed by atoms with E-state index in [-0.39, 0.29) is 0 Å². The van der Waals surface area contributed by atoms with Gasteiger partial charge in [-0.15, -0.1) is 0 Å². The van der Waals surface area contributed by atoms with E-state index in [1.54, 1.807) is 0 Å².